The Hall–Kier alpha value is -1.55. The Morgan fingerprint density at radius 2 is 2.25 bits per heavy atom. The molecular formula is C16H22N2O2. The zero-order valence-electron chi connectivity index (χ0n) is 12.4. The molecule has 20 heavy (non-hydrogen) atoms. The van der Waals surface area contributed by atoms with Gasteiger partial charge in [-0.05, 0) is 44.0 Å². The monoisotopic (exact) mass is 274 g/mol. The summed E-state index contributed by atoms with van der Waals surface area (Å²) in [5.41, 5.74) is 1.65. The maximum Gasteiger partial charge on any atom is 0.201 e. The van der Waals surface area contributed by atoms with Crippen LogP contribution in [0.2, 0.25) is 0 Å². The molecule has 1 fully saturated rings. The second-order valence-corrected chi connectivity index (χ2v) is 6.12. The second-order valence-electron chi connectivity index (χ2n) is 6.12. The molecule has 1 N–H and O–H groups in total. The largest absolute Gasteiger partial charge is 0.497 e. The Labute approximate surface area is 119 Å². The Bertz CT molecular complexity index is 598. The molecule has 1 saturated heterocycles. The Kier molecular flexibility index (Phi) is 3.42. The van der Waals surface area contributed by atoms with Crippen LogP contribution in [0.1, 0.15) is 32.6 Å². The van der Waals surface area contributed by atoms with Crippen LogP contribution in [0.15, 0.2) is 22.6 Å². The predicted octanol–water partition coefficient (Wildman–Crippen LogP) is 3.11. The van der Waals surface area contributed by atoms with E-state index < -0.39 is 0 Å². The van der Waals surface area contributed by atoms with Crippen LogP contribution in [0.25, 0.3) is 11.1 Å². The Balaban J connectivity index is 1.95. The number of hydrogen-bond donors (Lipinski definition) is 1. The molecule has 3 rings (SSSR count). The number of hydrogen-bond acceptors (Lipinski definition) is 4. The highest BCUT2D eigenvalue weighted by atomic mass is 16.5. The van der Waals surface area contributed by atoms with Crippen molar-refractivity contribution < 1.29 is 9.15 Å². The minimum absolute atomic E-state index is 0.0559. The normalized spacial score (nSPS) is 20.2. The molecule has 0 aliphatic carbocycles. The van der Waals surface area contributed by atoms with Gasteiger partial charge in [0.25, 0.3) is 0 Å². The van der Waals surface area contributed by atoms with Gasteiger partial charge in [0.05, 0.1) is 7.11 Å². The molecule has 0 bridgehead atoms. The fourth-order valence-corrected chi connectivity index (χ4v) is 2.95. The summed E-state index contributed by atoms with van der Waals surface area (Å²) < 4.78 is 11.2. The number of nitrogens with zero attached hydrogens (tertiary/aromatic N) is 1. The lowest BCUT2D eigenvalue weighted by molar-refractivity contribution is 0.215. The van der Waals surface area contributed by atoms with Gasteiger partial charge in [0, 0.05) is 11.5 Å². The van der Waals surface area contributed by atoms with E-state index in [9.17, 15) is 0 Å². The highest BCUT2D eigenvalue weighted by Crippen LogP contribution is 2.36. The van der Waals surface area contributed by atoms with Crippen molar-refractivity contribution in [1.82, 2.24) is 10.3 Å². The molecule has 0 amide bonds. The number of fused-ring (bicyclic) bond motifs is 1. The number of piperidine rings is 1. The SMILES string of the molecule is COc1ccc2oc(C(C)(C)C3CCCNC3)nc2c1. The van der Waals surface area contributed by atoms with E-state index in [-0.39, 0.29) is 5.41 Å². The van der Waals surface area contributed by atoms with Crippen molar-refractivity contribution in [1.29, 1.82) is 0 Å². The van der Waals surface area contributed by atoms with Gasteiger partial charge in [-0.15, -0.1) is 0 Å². The molecule has 1 unspecified atom stereocenters. The fraction of sp³-hybridized carbons (Fsp3) is 0.562. The van der Waals surface area contributed by atoms with Crippen molar-refractivity contribution in [3.8, 4) is 5.75 Å². The molecular weight excluding hydrogens is 252 g/mol. The third-order valence-electron chi connectivity index (χ3n) is 4.46. The molecule has 4 nitrogen and oxygen atoms in total. The molecule has 1 aliphatic heterocycles. The summed E-state index contributed by atoms with van der Waals surface area (Å²) in [6.07, 6.45) is 2.45. The zero-order chi connectivity index (χ0) is 14.2. The van der Waals surface area contributed by atoms with Crippen molar-refractivity contribution in [3.63, 3.8) is 0 Å². The van der Waals surface area contributed by atoms with Crippen LogP contribution in [0, 0.1) is 5.92 Å². The van der Waals surface area contributed by atoms with Gasteiger partial charge in [-0.2, -0.15) is 0 Å². The second kappa shape index (κ2) is 5.09. The van der Waals surface area contributed by atoms with E-state index in [1.165, 1.54) is 12.8 Å². The number of nitrogens with one attached hydrogen (secondary N) is 1. The van der Waals surface area contributed by atoms with E-state index in [0.29, 0.717) is 5.92 Å². The Morgan fingerprint density at radius 3 is 2.95 bits per heavy atom. The summed E-state index contributed by atoms with van der Waals surface area (Å²) in [7, 11) is 1.67. The van der Waals surface area contributed by atoms with Crippen molar-refractivity contribution >= 4 is 11.1 Å². The summed E-state index contributed by atoms with van der Waals surface area (Å²) >= 11 is 0. The molecule has 0 saturated carbocycles. The fourth-order valence-electron chi connectivity index (χ4n) is 2.95. The number of aromatic nitrogens is 1. The Morgan fingerprint density at radius 1 is 1.40 bits per heavy atom. The molecule has 1 aliphatic rings. The summed E-state index contributed by atoms with van der Waals surface area (Å²) in [5.74, 6) is 2.20. The first-order valence-electron chi connectivity index (χ1n) is 7.27. The van der Waals surface area contributed by atoms with E-state index in [0.717, 1.165) is 35.8 Å². The molecule has 1 aromatic carbocycles. The van der Waals surface area contributed by atoms with Crippen LogP contribution in [-0.4, -0.2) is 25.2 Å². The van der Waals surface area contributed by atoms with Crippen molar-refractivity contribution in [2.75, 3.05) is 20.2 Å². The van der Waals surface area contributed by atoms with E-state index in [4.69, 9.17) is 14.1 Å². The zero-order valence-corrected chi connectivity index (χ0v) is 12.4. The highest BCUT2D eigenvalue weighted by Gasteiger charge is 2.36. The van der Waals surface area contributed by atoms with E-state index >= 15 is 0 Å². The molecule has 2 heterocycles. The molecule has 2 aromatic rings. The van der Waals surface area contributed by atoms with Crippen LogP contribution < -0.4 is 10.1 Å². The number of ether oxygens (including phenoxy) is 1. The lowest BCUT2D eigenvalue weighted by Gasteiger charge is -2.34. The standard InChI is InChI=1S/C16H22N2O2/c1-16(2,11-5-4-8-17-10-11)15-18-13-9-12(19-3)6-7-14(13)20-15/h6-7,9,11,17H,4-5,8,10H2,1-3H3. The maximum absolute atomic E-state index is 5.99. The van der Waals surface area contributed by atoms with Crippen LogP contribution in [-0.2, 0) is 5.41 Å². The molecule has 0 spiro atoms. The molecule has 108 valence electrons. The average molecular weight is 274 g/mol. The van der Waals surface area contributed by atoms with Gasteiger partial charge in [-0.3, -0.25) is 0 Å². The number of rotatable bonds is 3. The first-order valence-corrected chi connectivity index (χ1v) is 7.27. The molecule has 1 aromatic heterocycles. The van der Waals surface area contributed by atoms with Gasteiger partial charge in [-0.1, -0.05) is 13.8 Å². The molecule has 4 heteroatoms. The predicted molar refractivity (Wildman–Crippen MR) is 79.2 cm³/mol. The summed E-state index contributed by atoms with van der Waals surface area (Å²) in [4.78, 5) is 4.69. The third kappa shape index (κ3) is 2.29. The minimum Gasteiger partial charge on any atom is -0.497 e. The topological polar surface area (TPSA) is 47.3 Å². The van der Waals surface area contributed by atoms with Gasteiger partial charge in [0.1, 0.15) is 11.3 Å². The van der Waals surface area contributed by atoms with Crippen molar-refractivity contribution in [3.05, 3.63) is 24.1 Å². The van der Waals surface area contributed by atoms with Gasteiger partial charge in [0.15, 0.2) is 5.58 Å². The smallest absolute Gasteiger partial charge is 0.201 e. The summed E-state index contributed by atoms with van der Waals surface area (Å²) in [6.45, 7) is 6.62. The van der Waals surface area contributed by atoms with E-state index in [1.807, 2.05) is 18.2 Å². The van der Waals surface area contributed by atoms with Gasteiger partial charge in [0.2, 0.25) is 5.89 Å². The van der Waals surface area contributed by atoms with Crippen molar-refractivity contribution in [2.24, 2.45) is 5.92 Å². The molecule has 0 radical (unpaired) electrons. The minimum atomic E-state index is -0.0559. The first-order chi connectivity index (χ1) is 9.61. The van der Waals surface area contributed by atoms with Gasteiger partial charge < -0.3 is 14.5 Å². The maximum atomic E-state index is 5.99. The van der Waals surface area contributed by atoms with E-state index in [1.54, 1.807) is 7.11 Å². The van der Waals surface area contributed by atoms with E-state index in [2.05, 4.69) is 19.2 Å². The summed E-state index contributed by atoms with van der Waals surface area (Å²) in [5, 5.41) is 3.47. The quantitative estimate of drug-likeness (QED) is 0.934. The van der Waals surface area contributed by atoms with Crippen molar-refractivity contribution in [2.45, 2.75) is 32.1 Å². The number of methoxy groups -OCH3 is 1. The first kappa shape index (κ1) is 13.4. The number of benzene rings is 1. The lowest BCUT2D eigenvalue weighted by atomic mass is 9.75. The van der Waals surface area contributed by atoms with Gasteiger partial charge >= 0.3 is 0 Å². The average Bonchev–Trinajstić information content (AvgIpc) is 2.91. The number of oxazole rings is 1. The highest BCUT2D eigenvalue weighted by molar-refractivity contribution is 5.74. The third-order valence-corrected chi connectivity index (χ3v) is 4.46. The van der Waals surface area contributed by atoms with Crippen LogP contribution >= 0.6 is 0 Å². The summed E-state index contributed by atoms with van der Waals surface area (Å²) in [6, 6.07) is 5.77. The molecule has 1 atom stereocenters. The van der Waals surface area contributed by atoms with Gasteiger partial charge in [-0.25, -0.2) is 4.98 Å². The van der Waals surface area contributed by atoms with Crippen LogP contribution in [0.4, 0.5) is 0 Å². The van der Waals surface area contributed by atoms with Crippen LogP contribution in [0.3, 0.4) is 0 Å². The lowest BCUT2D eigenvalue weighted by Crippen LogP contribution is -2.40. The van der Waals surface area contributed by atoms with Crippen LogP contribution in [0.5, 0.6) is 5.75 Å².